The molecule has 3 aliphatic heterocycles. The Morgan fingerprint density at radius 1 is 0.979 bits per heavy atom. The number of allylic oxidation sites excluding steroid dienone is 3. The zero-order chi connectivity index (χ0) is 34.3. The van der Waals surface area contributed by atoms with E-state index < -0.39 is 83.8 Å². The fourth-order valence-electron chi connectivity index (χ4n) is 4.94. The highest BCUT2D eigenvalue weighted by atomic mass is 31.3. The molecule has 1 amide bonds. The lowest BCUT2D eigenvalue weighted by Gasteiger charge is -2.29. The van der Waals surface area contributed by atoms with Crippen LogP contribution in [0.2, 0.25) is 0 Å². The van der Waals surface area contributed by atoms with E-state index in [0.29, 0.717) is 5.57 Å². The Morgan fingerprint density at radius 3 is 2.17 bits per heavy atom. The van der Waals surface area contributed by atoms with Crippen LogP contribution in [-0.2, 0) is 36.8 Å². The minimum atomic E-state index is -5.40. The summed E-state index contributed by atoms with van der Waals surface area (Å²) in [6.07, 6.45) is -2.57. The van der Waals surface area contributed by atoms with Crippen molar-refractivity contribution in [1.29, 1.82) is 0 Å². The van der Waals surface area contributed by atoms with Gasteiger partial charge < -0.3 is 56.1 Å². The number of hydrogen-bond donors (Lipinski definition) is 8. The number of anilines is 1. The number of imidazole rings is 1. The number of nitrogens with two attached hydrogens (primary N) is 2. The van der Waals surface area contributed by atoms with Crippen molar-refractivity contribution in [1.82, 2.24) is 24.4 Å². The topological polar surface area (TPSA) is 318 Å². The van der Waals surface area contributed by atoms with Gasteiger partial charge in [-0.3, -0.25) is 18.4 Å². The Labute approximate surface area is 264 Å². The molecule has 2 aromatic rings. The number of nitrogens with zero attached hydrogens (tertiary/aromatic N) is 5. The number of hydrogen-bond acceptors (Lipinski definition) is 17. The highest BCUT2D eigenvalue weighted by Crippen LogP contribution is 2.60. The molecule has 256 valence electrons. The van der Waals surface area contributed by atoms with Gasteiger partial charge in [-0.15, -0.1) is 0 Å². The van der Waals surface area contributed by atoms with Gasteiger partial charge in [-0.1, -0.05) is 18.7 Å². The molecule has 2 fully saturated rings. The number of primary amides is 1. The van der Waals surface area contributed by atoms with Gasteiger partial charge in [-0.05, 0) is 11.6 Å². The third-order valence-corrected chi connectivity index (χ3v) is 9.82. The molecule has 5 heterocycles. The largest absolute Gasteiger partial charge is 0.481 e. The van der Waals surface area contributed by atoms with E-state index >= 15 is 0 Å². The highest BCUT2D eigenvalue weighted by Gasteiger charge is 2.48. The number of phosphoric ester groups is 2. The van der Waals surface area contributed by atoms with E-state index in [4.69, 9.17) is 30.0 Å². The minimum Gasteiger partial charge on any atom is -0.387 e. The fraction of sp³-hybridized carbons (Fsp3) is 0.417. The maximum Gasteiger partial charge on any atom is 0.481 e. The first-order valence-corrected chi connectivity index (χ1v) is 16.5. The van der Waals surface area contributed by atoms with Crippen LogP contribution >= 0.6 is 15.6 Å². The van der Waals surface area contributed by atoms with Crippen LogP contribution < -0.4 is 11.5 Å². The van der Waals surface area contributed by atoms with Crippen LogP contribution in [-0.4, -0.2) is 117 Å². The maximum atomic E-state index is 12.5. The molecule has 5 rings (SSSR count). The van der Waals surface area contributed by atoms with Crippen molar-refractivity contribution in [3.05, 3.63) is 61.0 Å². The van der Waals surface area contributed by atoms with Gasteiger partial charge in [0.05, 0.1) is 25.1 Å². The summed E-state index contributed by atoms with van der Waals surface area (Å²) in [4.78, 5) is 45.1. The SMILES string of the molecule is C=C/C=C1\C=CN([C@H]2O[C@@H](COP(=O)(O)OP(=O)(O)OC[C@H]3O[C@@H](n4cnc5c(N)ncnc54)[C@H](O)[C@@H]3O)[C@H](O)[C@@H]2O)C=C1C(N)=O. The van der Waals surface area contributed by atoms with Gasteiger partial charge >= 0.3 is 15.6 Å². The maximum absolute atomic E-state index is 12.5. The Kier molecular flexibility index (Phi) is 10.1. The molecule has 10 atom stereocenters. The average Bonchev–Trinajstić information content (AvgIpc) is 3.65. The second-order valence-electron chi connectivity index (χ2n) is 10.3. The lowest BCUT2D eigenvalue weighted by atomic mass is 10.0. The van der Waals surface area contributed by atoms with Crippen LogP contribution in [0.25, 0.3) is 11.2 Å². The van der Waals surface area contributed by atoms with Crippen LogP contribution in [0.1, 0.15) is 6.23 Å². The number of phosphoric acid groups is 2. The van der Waals surface area contributed by atoms with E-state index in [9.17, 15) is 44.1 Å². The predicted molar refractivity (Wildman–Crippen MR) is 156 cm³/mol. The van der Waals surface area contributed by atoms with Gasteiger partial charge in [-0.25, -0.2) is 24.1 Å². The number of aromatic nitrogens is 4. The number of carbonyl (C=O) groups excluding carboxylic acids is 1. The summed E-state index contributed by atoms with van der Waals surface area (Å²) in [5, 5.41) is 41.9. The first-order chi connectivity index (χ1) is 22.1. The summed E-state index contributed by atoms with van der Waals surface area (Å²) in [6, 6.07) is 0. The van der Waals surface area contributed by atoms with Crippen LogP contribution in [0.5, 0.6) is 0 Å². The summed E-state index contributed by atoms with van der Waals surface area (Å²) in [5.41, 5.74) is 12.0. The molecular formula is C24H31N7O14P2. The molecule has 0 bridgehead atoms. The number of carbonyl (C=O) groups is 1. The fourth-order valence-corrected chi connectivity index (χ4v) is 7.03. The van der Waals surface area contributed by atoms with Gasteiger partial charge in [0.15, 0.2) is 23.9 Å². The average molecular weight is 703 g/mol. The third-order valence-electron chi connectivity index (χ3n) is 7.22. The molecule has 2 unspecified atom stereocenters. The third kappa shape index (κ3) is 7.37. The van der Waals surface area contributed by atoms with E-state index in [0.717, 1.165) is 6.33 Å². The number of amides is 1. The first kappa shape index (κ1) is 34.9. The summed E-state index contributed by atoms with van der Waals surface area (Å²) in [5.74, 6) is -0.752. The van der Waals surface area contributed by atoms with Gasteiger partial charge in [-0.2, -0.15) is 4.31 Å². The molecule has 21 nitrogen and oxygen atoms in total. The minimum absolute atomic E-state index is 0.0415. The van der Waals surface area contributed by atoms with Crippen LogP contribution in [0.4, 0.5) is 5.82 Å². The highest BCUT2D eigenvalue weighted by molar-refractivity contribution is 7.61. The van der Waals surface area contributed by atoms with Gasteiger partial charge in [0.1, 0.15) is 48.5 Å². The van der Waals surface area contributed by atoms with Gasteiger partial charge in [0, 0.05) is 12.4 Å². The lowest BCUT2D eigenvalue weighted by Crippen LogP contribution is -2.40. The Balaban J connectivity index is 1.16. The molecule has 2 aromatic heterocycles. The van der Waals surface area contributed by atoms with E-state index in [1.807, 2.05) is 0 Å². The summed E-state index contributed by atoms with van der Waals surface area (Å²) < 4.78 is 51.1. The predicted octanol–water partition coefficient (Wildman–Crippen LogP) is -1.96. The van der Waals surface area contributed by atoms with E-state index in [-0.39, 0.29) is 22.6 Å². The summed E-state index contributed by atoms with van der Waals surface area (Å²) in [6.45, 7) is 1.73. The molecule has 0 saturated carbocycles. The zero-order valence-corrected chi connectivity index (χ0v) is 25.8. The van der Waals surface area contributed by atoms with E-state index in [2.05, 4.69) is 25.8 Å². The molecular weight excluding hydrogens is 672 g/mol. The van der Waals surface area contributed by atoms with Crippen molar-refractivity contribution >= 4 is 38.5 Å². The molecule has 3 aliphatic rings. The van der Waals surface area contributed by atoms with Crippen molar-refractivity contribution < 1.29 is 67.0 Å². The normalized spacial score (nSPS) is 32.8. The molecule has 10 N–H and O–H groups in total. The molecule has 2 saturated heterocycles. The number of rotatable bonds is 12. The van der Waals surface area contributed by atoms with Crippen LogP contribution in [0, 0.1) is 0 Å². The van der Waals surface area contributed by atoms with Gasteiger partial charge in [0.25, 0.3) is 5.91 Å². The number of ether oxygens (including phenoxy) is 2. The number of fused-ring (bicyclic) bond motifs is 1. The Morgan fingerprint density at radius 2 is 1.57 bits per heavy atom. The smallest absolute Gasteiger partial charge is 0.387 e. The monoisotopic (exact) mass is 703 g/mol. The molecule has 0 aliphatic carbocycles. The quantitative estimate of drug-likeness (QED) is 0.111. The first-order valence-electron chi connectivity index (χ1n) is 13.5. The van der Waals surface area contributed by atoms with Crippen LogP contribution in [0.15, 0.2) is 61.0 Å². The standard InChI is InChI=1S/C24H31N7O14P2/c1-2-3-11-4-5-30(6-12(11)21(26)36)23-18(34)16(32)13(43-23)7-41-46(37,38)45-47(39,40)42-8-14-17(33)19(35)24(44-14)31-10-29-15-20(25)27-9-28-22(15)31/h2-6,9-10,13-14,16-19,23-24,32-35H,1,7-8H2,(H2,26,36)(H,37,38)(H,39,40)(H2,25,27,28)/b11-3+/t13-,14+,16-,17+,18-,19+,23-,24+/m0/s1. The molecule has 47 heavy (non-hydrogen) atoms. The molecule has 23 heteroatoms. The van der Waals surface area contributed by atoms with Crippen molar-refractivity contribution in [2.45, 2.75) is 49.1 Å². The van der Waals surface area contributed by atoms with Crippen molar-refractivity contribution in [3.63, 3.8) is 0 Å². The van der Waals surface area contributed by atoms with E-state index in [1.54, 1.807) is 0 Å². The Hall–Kier alpha value is -3.40. The lowest BCUT2D eigenvalue weighted by molar-refractivity contribution is -0.114. The molecule has 0 spiro atoms. The Bertz CT molecular complexity index is 1720. The van der Waals surface area contributed by atoms with Crippen molar-refractivity contribution in [2.75, 3.05) is 18.9 Å². The molecule has 0 aromatic carbocycles. The van der Waals surface area contributed by atoms with Crippen molar-refractivity contribution in [3.8, 4) is 0 Å². The number of aliphatic hydroxyl groups is 4. The molecule has 0 radical (unpaired) electrons. The van der Waals surface area contributed by atoms with Gasteiger partial charge in [0.2, 0.25) is 0 Å². The van der Waals surface area contributed by atoms with E-state index in [1.165, 1.54) is 46.4 Å². The number of nitrogen functional groups attached to an aromatic ring is 1. The zero-order valence-electron chi connectivity index (χ0n) is 24.0. The summed E-state index contributed by atoms with van der Waals surface area (Å²) in [7, 11) is -10.8. The summed E-state index contributed by atoms with van der Waals surface area (Å²) >= 11 is 0. The second-order valence-corrected chi connectivity index (χ2v) is 13.4. The van der Waals surface area contributed by atoms with Crippen molar-refractivity contribution in [2.24, 2.45) is 5.73 Å². The van der Waals surface area contributed by atoms with Crippen LogP contribution in [0.3, 0.4) is 0 Å². The second kappa shape index (κ2) is 13.6. The number of aliphatic hydroxyl groups excluding tert-OH is 4.